The van der Waals surface area contributed by atoms with E-state index in [9.17, 15) is 19.7 Å². The molecule has 0 aliphatic rings. The summed E-state index contributed by atoms with van der Waals surface area (Å²) in [4.78, 5) is 32.8. The normalized spacial score (nSPS) is 10.1. The lowest BCUT2D eigenvalue weighted by molar-refractivity contribution is -0.386. The lowest BCUT2D eigenvalue weighted by atomic mass is 10.4. The van der Waals surface area contributed by atoms with E-state index in [4.69, 9.17) is 4.74 Å². The molecule has 0 fully saturated rings. The van der Waals surface area contributed by atoms with E-state index in [2.05, 4.69) is 5.32 Å². The Morgan fingerprint density at radius 2 is 2.33 bits per heavy atom. The molecule has 0 aliphatic carbocycles. The molecule has 98 valence electrons. The number of hydrogen-bond acceptors (Lipinski definition) is 5. The molecule has 0 radical (unpaired) electrons. The standard InChI is InChI=1S/C10H13N3O5/c1-18-6-4-11-9(14)7-12-5-2-3-8(10(12)15)13(16)17/h2-3,5H,4,6-7H2,1H3,(H,11,14). The van der Waals surface area contributed by atoms with Crippen molar-refractivity contribution in [2.45, 2.75) is 6.54 Å². The van der Waals surface area contributed by atoms with Gasteiger partial charge in [-0.05, 0) is 6.07 Å². The van der Waals surface area contributed by atoms with Gasteiger partial charge in [-0.3, -0.25) is 19.7 Å². The molecule has 1 aromatic rings. The SMILES string of the molecule is COCCNC(=O)Cn1cccc([N+](=O)[O-])c1=O. The first-order valence-corrected chi connectivity index (χ1v) is 5.15. The van der Waals surface area contributed by atoms with Crippen molar-refractivity contribution >= 4 is 11.6 Å². The molecule has 0 saturated heterocycles. The second kappa shape index (κ2) is 6.50. The molecule has 0 saturated carbocycles. The van der Waals surface area contributed by atoms with Crippen LogP contribution in [0.1, 0.15) is 0 Å². The first-order chi connectivity index (χ1) is 8.56. The molecule has 8 heteroatoms. The Labute approximate surface area is 102 Å². The number of carbonyl (C=O) groups is 1. The number of pyridine rings is 1. The molecule has 1 heterocycles. The number of hydrogen-bond donors (Lipinski definition) is 1. The van der Waals surface area contributed by atoms with Crippen LogP contribution in [0, 0.1) is 10.1 Å². The predicted molar refractivity (Wildman–Crippen MR) is 62.2 cm³/mol. The summed E-state index contributed by atoms with van der Waals surface area (Å²) in [6, 6.07) is 2.45. The molecular weight excluding hydrogens is 242 g/mol. The average molecular weight is 255 g/mol. The van der Waals surface area contributed by atoms with E-state index in [-0.39, 0.29) is 6.54 Å². The van der Waals surface area contributed by atoms with Crippen LogP contribution < -0.4 is 10.9 Å². The molecule has 0 unspecified atom stereocenters. The number of amides is 1. The van der Waals surface area contributed by atoms with Gasteiger partial charge in [0.05, 0.1) is 11.5 Å². The highest BCUT2D eigenvalue weighted by Crippen LogP contribution is 2.01. The van der Waals surface area contributed by atoms with E-state index in [0.717, 1.165) is 10.6 Å². The van der Waals surface area contributed by atoms with Crippen LogP contribution >= 0.6 is 0 Å². The monoisotopic (exact) mass is 255 g/mol. The fourth-order valence-electron chi connectivity index (χ4n) is 1.29. The van der Waals surface area contributed by atoms with Crippen molar-refractivity contribution in [3.05, 3.63) is 38.8 Å². The third-order valence-corrected chi connectivity index (χ3v) is 2.14. The highest BCUT2D eigenvalue weighted by Gasteiger charge is 2.14. The number of nitrogens with one attached hydrogen (secondary N) is 1. The van der Waals surface area contributed by atoms with Crippen molar-refractivity contribution in [2.75, 3.05) is 20.3 Å². The number of aromatic nitrogens is 1. The predicted octanol–water partition coefficient (Wildman–Crippen LogP) is -0.481. The zero-order valence-electron chi connectivity index (χ0n) is 9.79. The minimum absolute atomic E-state index is 0.260. The summed E-state index contributed by atoms with van der Waals surface area (Å²) in [6.07, 6.45) is 1.32. The van der Waals surface area contributed by atoms with Gasteiger partial charge in [-0.2, -0.15) is 0 Å². The van der Waals surface area contributed by atoms with Crippen molar-refractivity contribution < 1.29 is 14.5 Å². The van der Waals surface area contributed by atoms with Gasteiger partial charge < -0.3 is 14.6 Å². The summed E-state index contributed by atoms with van der Waals surface area (Å²) in [5.74, 6) is -0.408. The van der Waals surface area contributed by atoms with Crippen LogP contribution in [0.2, 0.25) is 0 Å². The Bertz CT molecular complexity index is 497. The van der Waals surface area contributed by atoms with Crippen LogP contribution in [0.15, 0.2) is 23.1 Å². The van der Waals surface area contributed by atoms with E-state index in [1.54, 1.807) is 0 Å². The highest BCUT2D eigenvalue weighted by molar-refractivity contribution is 5.75. The van der Waals surface area contributed by atoms with Crippen molar-refractivity contribution in [2.24, 2.45) is 0 Å². The molecule has 0 bridgehead atoms. The number of rotatable bonds is 6. The summed E-state index contributed by atoms with van der Waals surface area (Å²) in [7, 11) is 1.50. The van der Waals surface area contributed by atoms with Crippen molar-refractivity contribution in [3.63, 3.8) is 0 Å². The number of carbonyl (C=O) groups excluding carboxylic acids is 1. The zero-order chi connectivity index (χ0) is 13.5. The van der Waals surface area contributed by atoms with Gasteiger partial charge in [-0.1, -0.05) is 0 Å². The second-order valence-corrected chi connectivity index (χ2v) is 3.43. The zero-order valence-corrected chi connectivity index (χ0v) is 9.79. The minimum atomic E-state index is -0.801. The lowest BCUT2D eigenvalue weighted by Crippen LogP contribution is -2.34. The first kappa shape index (κ1) is 13.8. The summed E-state index contributed by atoms with van der Waals surface area (Å²) in [5, 5.41) is 13.1. The van der Waals surface area contributed by atoms with Gasteiger partial charge in [-0.25, -0.2) is 0 Å². The fourth-order valence-corrected chi connectivity index (χ4v) is 1.29. The fraction of sp³-hybridized carbons (Fsp3) is 0.400. The molecule has 0 spiro atoms. The van der Waals surface area contributed by atoms with Gasteiger partial charge in [0.2, 0.25) is 5.91 Å². The Hall–Kier alpha value is -2.22. The Kier molecular flexibility index (Phi) is 5.00. The lowest BCUT2D eigenvalue weighted by Gasteiger charge is -2.06. The summed E-state index contributed by atoms with van der Waals surface area (Å²) >= 11 is 0. The Balaban J connectivity index is 2.73. The maximum absolute atomic E-state index is 11.6. The molecule has 8 nitrogen and oxygen atoms in total. The topological polar surface area (TPSA) is 103 Å². The summed E-state index contributed by atoms with van der Waals surface area (Å²) < 4.78 is 5.73. The van der Waals surface area contributed by atoms with Gasteiger partial charge in [0.15, 0.2) is 0 Å². The van der Waals surface area contributed by atoms with E-state index in [1.165, 1.54) is 19.4 Å². The summed E-state index contributed by atoms with van der Waals surface area (Å²) in [5.41, 5.74) is -1.36. The van der Waals surface area contributed by atoms with Crippen molar-refractivity contribution in [1.82, 2.24) is 9.88 Å². The van der Waals surface area contributed by atoms with E-state index in [1.807, 2.05) is 0 Å². The van der Waals surface area contributed by atoms with E-state index in [0.29, 0.717) is 13.2 Å². The van der Waals surface area contributed by atoms with Gasteiger partial charge >= 0.3 is 11.2 Å². The van der Waals surface area contributed by atoms with Crippen LogP contribution in [-0.2, 0) is 16.1 Å². The van der Waals surface area contributed by atoms with E-state index < -0.39 is 22.1 Å². The molecule has 1 N–H and O–H groups in total. The molecule has 1 aromatic heterocycles. The van der Waals surface area contributed by atoms with Gasteiger partial charge in [0.25, 0.3) is 0 Å². The number of ether oxygens (including phenoxy) is 1. The maximum atomic E-state index is 11.6. The smallest absolute Gasteiger partial charge is 0.334 e. The van der Waals surface area contributed by atoms with Gasteiger partial charge in [-0.15, -0.1) is 0 Å². The molecule has 0 atom stereocenters. The highest BCUT2D eigenvalue weighted by atomic mass is 16.6. The number of methoxy groups -OCH3 is 1. The second-order valence-electron chi connectivity index (χ2n) is 3.43. The Morgan fingerprint density at radius 1 is 1.61 bits per heavy atom. The first-order valence-electron chi connectivity index (χ1n) is 5.15. The number of nitro groups is 1. The maximum Gasteiger partial charge on any atom is 0.334 e. The van der Waals surface area contributed by atoms with Crippen LogP contribution in [0.4, 0.5) is 5.69 Å². The van der Waals surface area contributed by atoms with Crippen molar-refractivity contribution in [1.29, 1.82) is 0 Å². The van der Waals surface area contributed by atoms with Gasteiger partial charge in [0.1, 0.15) is 6.54 Å². The Morgan fingerprint density at radius 3 is 2.94 bits per heavy atom. The van der Waals surface area contributed by atoms with Crippen LogP contribution in [0.5, 0.6) is 0 Å². The molecule has 18 heavy (non-hydrogen) atoms. The molecule has 1 rings (SSSR count). The largest absolute Gasteiger partial charge is 0.383 e. The number of nitrogens with zero attached hydrogens (tertiary/aromatic N) is 2. The third-order valence-electron chi connectivity index (χ3n) is 2.14. The molecular formula is C10H13N3O5. The summed E-state index contributed by atoms with van der Waals surface area (Å²) in [6.45, 7) is 0.415. The van der Waals surface area contributed by atoms with Crippen LogP contribution in [0.25, 0.3) is 0 Å². The van der Waals surface area contributed by atoms with Crippen molar-refractivity contribution in [3.8, 4) is 0 Å². The average Bonchev–Trinajstić information content (AvgIpc) is 2.32. The molecule has 0 aliphatic heterocycles. The third kappa shape index (κ3) is 3.67. The molecule has 1 amide bonds. The minimum Gasteiger partial charge on any atom is -0.383 e. The van der Waals surface area contributed by atoms with Gasteiger partial charge in [0, 0.05) is 25.9 Å². The quantitative estimate of drug-likeness (QED) is 0.420. The van der Waals surface area contributed by atoms with Crippen LogP contribution in [-0.4, -0.2) is 35.7 Å². The van der Waals surface area contributed by atoms with E-state index >= 15 is 0 Å². The van der Waals surface area contributed by atoms with Crippen LogP contribution in [0.3, 0.4) is 0 Å². The molecule has 0 aromatic carbocycles.